The zero-order chi connectivity index (χ0) is 37.7. The third kappa shape index (κ3) is 5.77. The first-order chi connectivity index (χ1) is 28.3. The maximum atomic E-state index is 6.76. The Balaban J connectivity index is 1.03. The predicted octanol–water partition coefficient (Wildman–Crippen LogP) is 13.6. The lowest BCUT2D eigenvalue weighted by molar-refractivity contribution is 0.669. The molecule has 10 aromatic rings. The molecule has 8 aromatic carbocycles. The van der Waals surface area contributed by atoms with E-state index in [2.05, 4.69) is 168 Å². The Kier molecular flexibility index (Phi) is 8.00. The van der Waals surface area contributed by atoms with Crippen LogP contribution in [0.25, 0.3) is 53.2 Å². The summed E-state index contributed by atoms with van der Waals surface area (Å²) in [4.78, 5) is 12.7. The van der Waals surface area contributed by atoms with E-state index in [9.17, 15) is 0 Å². The molecule has 1 aliphatic heterocycles. The smallest absolute Gasteiger partial charge is 0.160 e. The van der Waals surface area contributed by atoms with Gasteiger partial charge >= 0.3 is 0 Å². The molecule has 3 heterocycles. The van der Waals surface area contributed by atoms with Crippen molar-refractivity contribution >= 4 is 82.2 Å². The number of fused-ring (bicyclic) bond motifs is 6. The largest absolute Gasteiger partial charge is 0.454 e. The van der Waals surface area contributed by atoms with Crippen LogP contribution in [0.15, 0.2) is 209 Å². The average molecular weight is 751 g/mol. The van der Waals surface area contributed by atoms with Crippen LogP contribution in [0.3, 0.4) is 0 Å². The van der Waals surface area contributed by atoms with Gasteiger partial charge in [-0.05, 0) is 53.6 Å². The molecule has 57 heavy (non-hydrogen) atoms. The Bertz CT molecular complexity index is 3110. The van der Waals surface area contributed by atoms with Crippen LogP contribution >= 0.6 is 11.3 Å². The zero-order valence-corrected chi connectivity index (χ0v) is 31.5. The number of hydrogen-bond acceptors (Lipinski definition) is 6. The van der Waals surface area contributed by atoms with Crippen molar-refractivity contribution in [2.45, 2.75) is 6.17 Å². The summed E-state index contributed by atoms with van der Waals surface area (Å²) in [5.41, 5.74) is 10.1. The highest BCUT2D eigenvalue weighted by molar-refractivity contribution is 7.26. The van der Waals surface area contributed by atoms with Crippen molar-refractivity contribution in [2.75, 3.05) is 4.90 Å². The zero-order valence-electron chi connectivity index (χ0n) is 30.7. The Morgan fingerprint density at radius 2 is 1.16 bits per heavy atom. The molecule has 0 fully saturated rings. The molecular weight excluding hydrogens is 717 g/mol. The third-order valence-corrected chi connectivity index (χ3v) is 12.0. The molecular formula is C51H34N4OS. The third-order valence-electron chi connectivity index (χ3n) is 10.7. The van der Waals surface area contributed by atoms with Crippen LogP contribution in [0, 0.1) is 0 Å². The van der Waals surface area contributed by atoms with Crippen molar-refractivity contribution in [1.82, 2.24) is 5.32 Å². The summed E-state index contributed by atoms with van der Waals surface area (Å²) in [6.45, 7) is 0. The van der Waals surface area contributed by atoms with Crippen LogP contribution in [0.2, 0.25) is 0 Å². The summed E-state index contributed by atoms with van der Waals surface area (Å²) in [5.74, 6) is 1.49. The van der Waals surface area contributed by atoms with Crippen LogP contribution in [-0.2, 0) is 0 Å². The highest BCUT2D eigenvalue weighted by Gasteiger charge is 2.25. The molecule has 0 aliphatic carbocycles. The first kappa shape index (κ1) is 33.1. The Morgan fingerprint density at radius 3 is 1.91 bits per heavy atom. The van der Waals surface area contributed by atoms with Crippen LogP contribution in [0.5, 0.6) is 0 Å². The Hall–Kier alpha value is -7.28. The highest BCUT2D eigenvalue weighted by Crippen LogP contribution is 2.46. The van der Waals surface area contributed by atoms with Gasteiger partial charge in [0, 0.05) is 59.0 Å². The number of rotatable bonds is 7. The lowest BCUT2D eigenvalue weighted by Gasteiger charge is -2.26. The van der Waals surface area contributed by atoms with E-state index in [1.807, 2.05) is 47.7 Å². The molecule has 1 unspecified atom stereocenters. The fraction of sp³-hybridized carbons (Fsp3) is 0.0196. The Morgan fingerprint density at radius 1 is 0.526 bits per heavy atom. The molecule has 5 nitrogen and oxygen atoms in total. The summed E-state index contributed by atoms with van der Waals surface area (Å²) in [7, 11) is 0. The minimum absolute atomic E-state index is 0.314. The van der Waals surface area contributed by atoms with Gasteiger partial charge in [-0.25, -0.2) is 9.98 Å². The topological polar surface area (TPSA) is 53.1 Å². The summed E-state index contributed by atoms with van der Waals surface area (Å²) in [6, 6.07) is 67.8. The molecule has 1 aliphatic rings. The molecule has 0 radical (unpaired) electrons. The van der Waals surface area contributed by atoms with Gasteiger partial charge in [0.2, 0.25) is 0 Å². The van der Waals surface area contributed by atoms with Crippen LogP contribution in [0.4, 0.5) is 17.1 Å². The van der Waals surface area contributed by atoms with E-state index in [4.69, 9.17) is 14.4 Å². The highest BCUT2D eigenvalue weighted by atomic mass is 32.1. The monoisotopic (exact) mass is 750 g/mol. The number of aliphatic imine (C=N–C) groups is 2. The standard InChI is InChI=1S/C51H34N4OS/c1-4-15-34(16-5-1)49-52-50(54-51(53-49)42-24-14-23-40-39-21-11-13-26-45(39)57-48(40)42)35-29-27-33(28-30-35)38-31-32-43(47-46(38)41-22-10-12-25-44(41)56-47)55(36-17-6-2-7-18-36)37-19-8-3-9-20-37/h1-32,51H,(H,52,53,54). The van der Waals surface area contributed by atoms with Crippen LogP contribution < -0.4 is 10.2 Å². The van der Waals surface area contributed by atoms with Gasteiger partial charge in [-0.15, -0.1) is 11.3 Å². The van der Waals surface area contributed by atoms with Crippen molar-refractivity contribution in [3.63, 3.8) is 0 Å². The molecule has 270 valence electrons. The number of thiophene rings is 1. The van der Waals surface area contributed by atoms with E-state index in [1.54, 1.807) is 0 Å². The van der Waals surface area contributed by atoms with Crippen molar-refractivity contribution in [3.05, 3.63) is 211 Å². The van der Waals surface area contributed by atoms with Crippen LogP contribution in [0.1, 0.15) is 22.9 Å². The maximum absolute atomic E-state index is 6.76. The van der Waals surface area contributed by atoms with E-state index in [0.717, 1.165) is 72.7 Å². The number of nitrogens with zero attached hydrogens (tertiary/aromatic N) is 3. The normalized spacial score (nSPS) is 14.1. The van der Waals surface area contributed by atoms with Gasteiger partial charge in [0.25, 0.3) is 0 Å². The second-order valence-corrected chi connectivity index (χ2v) is 15.2. The van der Waals surface area contributed by atoms with E-state index >= 15 is 0 Å². The lowest BCUT2D eigenvalue weighted by atomic mass is 9.97. The van der Waals surface area contributed by atoms with E-state index in [1.165, 1.54) is 20.2 Å². The van der Waals surface area contributed by atoms with Gasteiger partial charge in [-0.2, -0.15) is 0 Å². The summed E-state index contributed by atoms with van der Waals surface area (Å²) >= 11 is 1.82. The average Bonchev–Trinajstić information content (AvgIpc) is 3.87. The minimum atomic E-state index is -0.314. The number of para-hydroxylation sites is 3. The summed E-state index contributed by atoms with van der Waals surface area (Å²) < 4.78 is 9.27. The van der Waals surface area contributed by atoms with Crippen molar-refractivity contribution in [2.24, 2.45) is 9.98 Å². The molecule has 0 saturated heterocycles. The molecule has 2 aromatic heterocycles. The predicted molar refractivity (Wildman–Crippen MR) is 239 cm³/mol. The molecule has 0 bridgehead atoms. The first-order valence-electron chi connectivity index (χ1n) is 19.1. The number of amidine groups is 2. The maximum Gasteiger partial charge on any atom is 0.160 e. The lowest BCUT2D eigenvalue weighted by Crippen LogP contribution is -2.33. The van der Waals surface area contributed by atoms with Crippen molar-refractivity contribution < 1.29 is 4.42 Å². The molecule has 6 heteroatoms. The van der Waals surface area contributed by atoms with Crippen molar-refractivity contribution in [3.8, 4) is 11.1 Å². The summed E-state index contributed by atoms with van der Waals surface area (Å²) in [5, 5.41) is 8.36. The molecule has 1 atom stereocenters. The van der Waals surface area contributed by atoms with E-state index in [0.29, 0.717) is 5.84 Å². The Labute approximate surface area is 333 Å². The number of hydrogen-bond donors (Lipinski definition) is 1. The fourth-order valence-electron chi connectivity index (χ4n) is 8.08. The number of nitrogens with one attached hydrogen (secondary N) is 1. The minimum Gasteiger partial charge on any atom is -0.454 e. The summed E-state index contributed by atoms with van der Waals surface area (Å²) in [6.07, 6.45) is -0.314. The second kappa shape index (κ2) is 13.8. The van der Waals surface area contributed by atoms with Gasteiger partial charge in [0.1, 0.15) is 17.6 Å². The molecule has 11 rings (SSSR count). The second-order valence-electron chi connectivity index (χ2n) is 14.2. The molecule has 0 saturated carbocycles. The first-order valence-corrected chi connectivity index (χ1v) is 19.9. The number of benzene rings is 8. The van der Waals surface area contributed by atoms with Gasteiger partial charge in [0.05, 0.1) is 5.69 Å². The SMILES string of the molecule is c1ccc(C2=NC(c3ccc(-c4ccc(N(c5ccccc5)c5ccccc5)c5oc6ccccc6c45)cc3)=NC(c3cccc4c3sc3ccccc34)N2)cc1. The quantitative estimate of drug-likeness (QED) is 0.176. The fourth-order valence-corrected chi connectivity index (χ4v) is 9.32. The molecule has 0 amide bonds. The van der Waals surface area contributed by atoms with Gasteiger partial charge in [-0.1, -0.05) is 152 Å². The van der Waals surface area contributed by atoms with Gasteiger partial charge in [0.15, 0.2) is 11.4 Å². The van der Waals surface area contributed by atoms with Crippen molar-refractivity contribution in [1.29, 1.82) is 0 Å². The van der Waals surface area contributed by atoms with Gasteiger partial charge in [-0.3, -0.25) is 0 Å². The number of anilines is 3. The number of furan rings is 1. The molecule has 0 spiro atoms. The van der Waals surface area contributed by atoms with Gasteiger partial charge < -0.3 is 14.6 Å². The van der Waals surface area contributed by atoms with E-state index < -0.39 is 0 Å². The van der Waals surface area contributed by atoms with E-state index in [-0.39, 0.29) is 6.17 Å². The van der Waals surface area contributed by atoms with Crippen LogP contribution in [-0.4, -0.2) is 11.7 Å². The molecule has 1 N–H and O–H groups in total.